The summed E-state index contributed by atoms with van der Waals surface area (Å²) in [5.41, 5.74) is -2.35. The molecule has 5 fully saturated rings. The number of esters is 1. The lowest BCUT2D eigenvalue weighted by Gasteiger charge is -2.47. The summed E-state index contributed by atoms with van der Waals surface area (Å²) in [5.74, 6) is 0.515. The van der Waals surface area contributed by atoms with Gasteiger partial charge in [-0.05, 0) is 99.3 Å². The summed E-state index contributed by atoms with van der Waals surface area (Å²) in [5, 5.41) is 11.3. The highest BCUT2D eigenvalue weighted by atomic mass is 16.7. The van der Waals surface area contributed by atoms with Crippen LogP contribution >= 0.6 is 0 Å². The van der Waals surface area contributed by atoms with Gasteiger partial charge in [-0.3, -0.25) is 19.3 Å². The van der Waals surface area contributed by atoms with Gasteiger partial charge < -0.3 is 38.8 Å². The maximum absolute atomic E-state index is 14.0. The fourth-order valence-corrected chi connectivity index (χ4v) is 8.52. The van der Waals surface area contributed by atoms with Crippen LogP contribution in [0.4, 0.5) is 0 Å². The first kappa shape index (κ1) is 38.6. The van der Waals surface area contributed by atoms with Gasteiger partial charge in [0.15, 0.2) is 12.1 Å². The minimum atomic E-state index is -1.43. The molecule has 280 valence electrons. The number of Topliss-reactive ketones (excluding diaryl/α,β-unsaturated/α-hetero) is 1. The van der Waals surface area contributed by atoms with Crippen LogP contribution in [0.1, 0.15) is 73.1 Å². The molecule has 0 spiro atoms. The molecule has 5 aliphatic rings. The summed E-state index contributed by atoms with van der Waals surface area (Å²) in [6.07, 6.45) is 1.83. The molecule has 1 saturated carbocycles. The third kappa shape index (κ3) is 8.87. The van der Waals surface area contributed by atoms with Crippen molar-refractivity contribution in [3.05, 3.63) is 0 Å². The number of amides is 1. The fourth-order valence-electron chi connectivity index (χ4n) is 8.52. The van der Waals surface area contributed by atoms with Gasteiger partial charge in [0.25, 0.3) is 0 Å². The number of aliphatic hydroxyl groups excluding tert-OH is 1. The third-order valence-corrected chi connectivity index (χ3v) is 12.2. The average Bonchev–Trinajstić information content (AvgIpc) is 3.71. The van der Waals surface area contributed by atoms with Gasteiger partial charge in [0.05, 0.1) is 23.7 Å². The number of rotatable bonds is 8. The fraction of sp³-hybridized carbons (Fsp3) is 0.919. The van der Waals surface area contributed by atoms with Crippen LogP contribution in [0.15, 0.2) is 0 Å². The Kier molecular flexibility index (Phi) is 12.2. The van der Waals surface area contributed by atoms with Crippen molar-refractivity contribution in [1.29, 1.82) is 0 Å². The molecule has 9 atom stereocenters. The molecule has 1 N–H and O–H groups in total. The molecular weight excluding hydrogens is 628 g/mol. The van der Waals surface area contributed by atoms with Crippen LogP contribution in [-0.4, -0.2) is 159 Å². The van der Waals surface area contributed by atoms with Crippen LogP contribution < -0.4 is 0 Å². The number of hydrogen-bond donors (Lipinski definition) is 1. The van der Waals surface area contributed by atoms with E-state index in [2.05, 4.69) is 23.8 Å². The quantitative estimate of drug-likeness (QED) is 0.298. The number of carbonyl (C=O) groups excluding carboxylic acids is 3. The zero-order valence-corrected chi connectivity index (χ0v) is 31.6. The van der Waals surface area contributed by atoms with Crippen molar-refractivity contribution in [3.8, 4) is 0 Å². The summed E-state index contributed by atoms with van der Waals surface area (Å²) < 4.78 is 24.8. The van der Waals surface area contributed by atoms with E-state index in [4.69, 9.17) is 18.9 Å². The topological polar surface area (TPSA) is 121 Å². The highest BCUT2D eigenvalue weighted by Crippen LogP contribution is 2.37. The highest BCUT2D eigenvalue weighted by Gasteiger charge is 2.49. The van der Waals surface area contributed by atoms with Crippen LogP contribution in [-0.2, 0) is 33.3 Å². The smallest absolute Gasteiger partial charge is 0.319 e. The Balaban J connectivity index is 1.29. The number of likely N-dealkylation sites (N-methyl/N-ethyl adjacent to an activating group) is 2. The molecular formula is C37H64N4O8. The monoisotopic (exact) mass is 692 g/mol. The average molecular weight is 693 g/mol. The van der Waals surface area contributed by atoms with E-state index in [1.807, 2.05) is 37.7 Å². The number of cyclic esters (lactones) is 1. The van der Waals surface area contributed by atoms with E-state index >= 15 is 0 Å². The van der Waals surface area contributed by atoms with Crippen molar-refractivity contribution in [2.75, 3.05) is 74.1 Å². The molecule has 4 saturated heterocycles. The van der Waals surface area contributed by atoms with E-state index in [0.29, 0.717) is 32.5 Å². The van der Waals surface area contributed by atoms with E-state index in [0.717, 1.165) is 32.0 Å². The lowest BCUT2D eigenvalue weighted by molar-refractivity contribution is -0.289. The molecule has 0 radical (unpaired) electrons. The minimum absolute atomic E-state index is 0.0705. The number of carbonyl (C=O) groups is 3. The van der Waals surface area contributed by atoms with Crippen LogP contribution in [0, 0.1) is 29.1 Å². The SMILES string of the molecule is CO[C@]1(C)C[C@@H](C)CN(C)C(C2CN(C(=O)[C@@H]3CCN(CC4CC4)C3)C2)COC(=O)C(C)(C)C(=O)C[C@H]1O[C@@H]1O[C@H](C)C[C@H](N(C)C)[C@H]1O. The number of nitrogens with zero attached hydrogens (tertiary/aromatic N) is 4. The largest absolute Gasteiger partial charge is 0.463 e. The molecule has 12 nitrogen and oxygen atoms in total. The Morgan fingerprint density at radius 1 is 1.06 bits per heavy atom. The Labute approximate surface area is 294 Å². The highest BCUT2D eigenvalue weighted by molar-refractivity contribution is 6.03. The van der Waals surface area contributed by atoms with Crippen LogP contribution in [0.25, 0.3) is 0 Å². The van der Waals surface area contributed by atoms with E-state index < -0.39 is 35.5 Å². The van der Waals surface area contributed by atoms with Crippen LogP contribution in [0.5, 0.6) is 0 Å². The predicted molar refractivity (Wildman–Crippen MR) is 185 cm³/mol. The first-order valence-corrected chi connectivity index (χ1v) is 18.6. The predicted octanol–water partition coefficient (Wildman–Crippen LogP) is 2.26. The number of aliphatic hydroxyl groups is 1. The normalized spacial score (nSPS) is 39.2. The molecule has 4 heterocycles. The van der Waals surface area contributed by atoms with E-state index in [9.17, 15) is 19.5 Å². The second-order valence-electron chi connectivity index (χ2n) is 17.1. The molecule has 0 aromatic rings. The van der Waals surface area contributed by atoms with Gasteiger partial charge in [-0.25, -0.2) is 0 Å². The second kappa shape index (κ2) is 15.5. The maximum atomic E-state index is 14.0. The van der Waals surface area contributed by atoms with Gasteiger partial charge in [0, 0.05) is 64.3 Å². The Bertz CT molecular complexity index is 1180. The van der Waals surface area contributed by atoms with Crippen molar-refractivity contribution in [2.45, 2.75) is 115 Å². The Morgan fingerprint density at radius 2 is 1.76 bits per heavy atom. The maximum Gasteiger partial charge on any atom is 0.319 e. The van der Waals surface area contributed by atoms with Crippen molar-refractivity contribution in [2.24, 2.45) is 29.1 Å². The third-order valence-electron chi connectivity index (χ3n) is 12.2. The number of likely N-dealkylation sites (tertiary alicyclic amines) is 2. The molecule has 12 heteroatoms. The molecule has 0 aromatic carbocycles. The molecule has 1 unspecified atom stereocenters. The van der Waals surface area contributed by atoms with Crippen molar-refractivity contribution in [1.82, 2.24) is 19.6 Å². The number of hydrogen-bond acceptors (Lipinski definition) is 11. The van der Waals surface area contributed by atoms with Gasteiger partial charge in [0.1, 0.15) is 18.1 Å². The summed E-state index contributed by atoms with van der Waals surface area (Å²) >= 11 is 0. The summed E-state index contributed by atoms with van der Waals surface area (Å²) in [6, 6.07) is -0.282. The van der Waals surface area contributed by atoms with Gasteiger partial charge >= 0.3 is 5.97 Å². The zero-order chi connectivity index (χ0) is 35.8. The summed E-state index contributed by atoms with van der Waals surface area (Å²) in [7, 11) is 7.51. The van der Waals surface area contributed by atoms with E-state index in [1.165, 1.54) is 12.8 Å². The van der Waals surface area contributed by atoms with Crippen LogP contribution in [0.2, 0.25) is 0 Å². The Hall–Kier alpha value is -1.67. The first-order chi connectivity index (χ1) is 23.0. The lowest BCUT2D eigenvalue weighted by Crippen LogP contribution is -2.60. The van der Waals surface area contributed by atoms with Crippen LogP contribution in [0.3, 0.4) is 0 Å². The zero-order valence-electron chi connectivity index (χ0n) is 31.6. The first-order valence-electron chi connectivity index (χ1n) is 18.6. The molecule has 1 aliphatic carbocycles. The molecule has 5 rings (SSSR count). The van der Waals surface area contributed by atoms with Gasteiger partial charge in [0.2, 0.25) is 5.91 Å². The number of ether oxygens (including phenoxy) is 4. The van der Waals surface area contributed by atoms with Crippen molar-refractivity contribution in [3.63, 3.8) is 0 Å². The number of methoxy groups -OCH3 is 1. The Morgan fingerprint density at radius 3 is 2.39 bits per heavy atom. The lowest BCUT2D eigenvalue weighted by atomic mass is 9.79. The number of ketones is 1. The standard InChI is InChI=1S/C37H64N4O8/c1-23-16-37(5,46-9)31(49-34-32(43)28(38(6)7)14-24(2)48-34)15-30(42)36(3,4)35(45)47-22-29(39(8)17-23)27-20-41(21-27)33(44)26-12-13-40(19-26)18-25-10-11-25/h23-29,31-32,34,43H,10-22H2,1-9H3/t23-,24-,26-,28+,29?,31-,32-,34+,37-/m1/s1. The second-order valence-corrected chi connectivity index (χ2v) is 17.1. The molecule has 0 bridgehead atoms. The molecule has 4 aliphatic heterocycles. The molecule has 1 amide bonds. The van der Waals surface area contributed by atoms with E-state index in [-0.39, 0.29) is 60.7 Å². The van der Waals surface area contributed by atoms with Gasteiger partial charge in [-0.2, -0.15) is 0 Å². The molecule has 0 aromatic heterocycles. The van der Waals surface area contributed by atoms with Crippen molar-refractivity contribution < 1.29 is 38.4 Å². The van der Waals surface area contributed by atoms with Crippen molar-refractivity contribution >= 4 is 17.7 Å². The summed E-state index contributed by atoms with van der Waals surface area (Å²) in [6.45, 7) is 14.4. The molecule has 49 heavy (non-hydrogen) atoms. The summed E-state index contributed by atoms with van der Waals surface area (Å²) in [4.78, 5) is 49.7. The van der Waals surface area contributed by atoms with E-state index in [1.54, 1.807) is 21.0 Å². The van der Waals surface area contributed by atoms with Gasteiger partial charge in [-0.15, -0.1) is 0 Å². The van der Waals surface area contributed by atoms with Gasteiger partial charge in [-0.1, -0.05) is 6.92 Å². The minimum Gasteiger partial charge on any atom is -0.463 e.